The number of hydrogen-bond acceptors (Lipinski definition) is 13. The first-order valence-corrected chi connectivity index (χ1v) is 17.1. The lowest BCUT2D eigenvalue weighted by atomic mass is 9.97. The minimum absolute atomic E-state index is 0.202. The molecule has 1 aliphatic rings. The number of imidazole rings is 1. The molecule has 0 unspecified atom stereocenters. The molecule has 1 aromatic carbocycles. The highest BCUT2D eigenvalue weighted by molar-refractivity contribution is 7.12. The van der Waals surface area contributed by atoms with E-state index in [0.717, 1.165) is 11.3 Å². The molecule has 4 heterocycles. The number of rotatable bonds is 10. The number of carbonyl (C=O) groups excluding carboxylic acids is 3. The lowest BCUT2D eigenvalue weighted by Crippen LogP contribution is -2.30. The minimum atomic E-state index is -0.776. The van der Waals surface area contributed by atoms with E-state index in [9.17, 15) is 19.2 Å². The number of fused-ring (bicyclic) bond motifs is 1. The second-order valence-corrected chi connectivity index (χ2v) is 15.2. The number of halogens is 1. The van der Waals surface area contributed by atoms with Gasteiger partial charge in [-0.1, -0.05) is 11.6 Å². The lowest BCUT2D eigenvalue weighted by Gasteiger charge is -2.21. The predicted octanol–water partition coefficient (Wildman–Crippen LogP) is 4.86. The third kappa shape index (κ3) is 8.13. The molecule has 1 atom stereocenters. The van der Waals surface area contributed by atoms with Gasteiger partial charge in [-0.15, -0.1) is 11.3 Å². The number of anilines is 1. The highest BCUT2D eigenvalue weighted by Crippen LogP contribution is 2.36. The normalized spacial score (nSPS) is 14.4. The maximum Gasteiger partial charge on any atom is 0.351 e. The van der Waals surface area contributed by atoms with E-state index >= 15 is 0 Å². The standard InChI is InChI=1S/C34H39ClN8O7S/c1-33(2,3)31(46)48-17-41-25(19-11-26(51-15-19)30(45)49-18-50-32(47)34(4,5)6)14-38-29(41)24-9-10-27-40-22(13-28(44)43(24)27)21-12-20(35)7-8-23(21)42(37)16-39-36/h7-8,11-16,24H,9-10,17-18,36-37H2,1-6H3/b39-16-/t24-/m0/s1. The number of thiophene rings is 1. The first-order chi connectivity index (χ1) is 24.0. The van der Waals surface area contributed by atoms with E-state index in [2.05, 4.69) is 5.10 Å². The van der Waals surface area contributed by atoms with Crippen molar-refractivity contribution in [1.82, 2.24) is 19.1 Å². The molecule has 15 nitrogen and oxygen atoms in total. The van der Waals surface area contributed by atoms with Crippen LogP contribution < -0.4 is 22.3 Å². The van der Waals surface area contributed by atoms with Gasteiger partial charge in [-0.25, -0.2) is 20.6 Å². The van der Waals surface area contributed by atoms with Gasteiger partial charge in [-0.05, 0) is 72.2 Å². The molecule has 3 aromatic heterocycles. The van der Waals surface area contributed by atoms with Crippen molar-refractivity contribution in [3.63, 3.8) is 0 Å². The van der Waals surface area contributed by atoms with Crippen LogP contribution in [0.15, 0.2) is 51.8 Å². The zero-order chi connectivity index (χ0) is 37.2. The summed E-state index contributed by atoms with van der Waals surface area (Å²) in [5, 5.41) is 6.83. The summed E-state index contributed by atoms with van der Waals surface area (Å²) in [7, 11) is 0. The Bertz CT molecular complexity index is 2060. The Morgan fingerprint density at radius 1 is 1.08 bits per heavy atom. The fraction of sp³-hybridized carbons (Fsp3) is 0.382. The SMILES string of the molecule is CC(C)(C)C(=O)OCOC(=O)c1cc(-c2cnc([C@@H]3CCc4nc(-c5cc(Cl)ccc5N(N)/C=N\N)cc(=O)n43)n2COC(=O)C(C)(C)C)cs1. The van der Waals surface area contributed by atoms with Gasteiger partial charge in [0.2, 0.25) is 6.79 Å². The average Bonchev–Trinajstić information content (AvgIpc) is 3.81. The van der Waals surface area contributed by atoms with Crippen molar-refractivity contribution in [1.29, 1.82) is 0 Å². The van der Waals surface area contributed by atoms with Gasteiger partial charge in [-0.2, -0.15) is 5.10 Å². The number of aromatic nitrogens is 4. The summed E-state index contributed by atoms with van der Waals surface area (Å²) in [6.07, 6.45) is 3.74. The Morgan fingerprint density at radius 2 is 1.78 bits per heavy atom. The summed E-state index contributed by atoms with van der Waals surface area (Å²) in [6, 6.07) is 7.43. The maximum absolute atomic E-state index is 13.8. The van der Waals surface area contributed by atoms with Crippen LogP contribution in [0.2, 0.25) is 5.02 Å². The summed E-state index contributed by atoms with van der Waals surface area (Å²) in [5.74, 6) is 10.8. The molecule has 0 saturated heterocycles. The van der Waals surface area contributed by atoms with Crippen LogP contribution in [0.25, 0.3) is 22.5 Å². The second-order valence-electron chi connectivity index (χ2n) is 13.8. The van der Waals surface area contributed by atoms with Gasteiger partial charge in [-0.3, -0.25) is 28.5 Å². The first-order valence-electron chi connectivity index (χ1n) is 15.8. The topological polar surface area (TPSA) is 199 Å². The van der Waals surface area contributed by atoms with Crippen LogP contribution in [0, 0.1) is 10.8 Å². The Hall–Kier alpha value is -5.06. The molecule has 0 spiro atoms. The average molecular weight is 739 g/mol. The number of benzene rings is 1. The van der Waals surface area contributed by atoms with Crippen molar-refractivity contribution < 1.29 is 28.6 Å². The van der Waals surface area contributed by atoms with Gasteiger partial charge in [0.05, 0.1) is 40.1 Å². The number of hydrogen-bond donors (Lipinski definition) is 2. The molecule has 270 valence electrons. The van der Waals surface area contributed by atoms with Crippen molar-refractivity contribution in [2.24, 2.45) is 27.6 Å². The van der Waals surface area contributed by atoms with Crippen molar-refractivity contribution >= 4 is 52.9 Å². The number of esters is 3. The molecule has 0 saturated carbocycles. The summed E-state index contributed by atoms with van der Waals surface area (Å²) in [6.45, 7) is 9.59. The third-order valence-corrected chi connectivity index (χ3v) is 9.04. The lowest BCUT2D eigenvalue weighted by molar-refractivity contribution is -0.161. The van der Waals surface area contributed by atoms with E-state index < -0.39 is 41.6 Å². The van der Waals surface area contributed by atoms with Gasteiger partial charge in [0, 0.05) is 34.0 Å². The third-order valence-electron chi connectivity index (χ3n) is 7.89. The number of ether oxygens (including phenoxy) is 3. The van der Waals surface area contributed by atoms with E-state index in [1.54, 1.807) is 86.5 Å². The van der Waals surface area contributed by atoms with Crippen LogP contribution in [-0.4, -0.2) is 50.1 Å². The van der Waals surface area contributed by atoms with Crippen LogP contribution in [0.5, 0.6) is 0 Å². The van der Waals surface area contributed by atoms with Crippen molar-refractivity contribution in [2.45, 2.75) is 67.2 Å². The van der Waals surface area contributed by atoms with Crippen LogP contribution >= 0.6 is 22.9 Å². The predicted molar refractivity (Wildman–Crippen MR) is 192 cm³/mol. The Morgan fingerprint density at radius 3 is 2.47 bits per heavy atom. The van der Waals surface area contributed by atoms with Crippen LogP contribution in [0.1, 0.15) is 75.3 Å². The monoisotopic (exact) mass is 738 g/mol. The van der Waals surface area contributed by atoms with Gasteiger partial charge >= 0.3 is 17.9 Å². The van der Waals surface area contributed by atoms with E-state index in [-0.39, 0.29) is 17.2 Å². The molecule has 0 aliphatic carbocycles. The van der Waals surface area contributed by atoms with Crippen LogP contribution in [-0.2, 0) is 37.0 Å². The smallest absolute Gasteiger partial charge is 0.351 e. The molecule has 0 fully saturated rings. The van der Waals surface area contributed by atoms with Crippen LogP contribution in [0.3, 0.4) is 0 Å². The molecule has 51 heavy (non-hydrogen) atoms. The fourth-order valence-electron chi connectivity index (χ4n) is 5.26. The van der Waals surface area contributed by atoms with E-state index in [0.29, 0.717) is 57.7 Å². The molecule has 0 amide bonds. The molecule has 5 rings (SSSR count). The van der Waals surface area contributed by atoms with Crippen molar-refractivity contribution in [3.8, 4) is 22.5 Å². The number of nitrogens with zero attached hydrogens (tertiary/aromatic N) is 6. The van der Waals surface area contributed by atoms with Crippen LogP contribution in [0.4, 0.5) is 5.69 Å². The molecular formula is C34H39ClN8O7S. The Labute approximate surface area is 302 Å². The summed E-state index contributed by atoms with van der Waals surface area (Å²) < 4.78 is 19.2. The molecule has 17 heteroatoms. The number of aryl methyl sites for hydroxylation is 1. The number of hydrazone groups is 1. The second kappa shape index (κ2) is 14.7. The molecule has 1 aliphatic heterocycles. The highest BCUT2D eigenvalue weighted by atomic mass is 35.5. The molecule has 4 aromatic rings. The van der Waals surface area contributed by atoms with E-state index in [1.165, 1.54) is 17.4 Å². The number of nitrogens with two attached hydrogens (primary N) is 2. The summed E-state index contributed by atoms with van der Waals surface area (Å²) in [5.41, 5.74) is 0.628. The zero-order valence-electron chi connectivity index (χ0n) is 29.0. The largest absolute Gasteiger partial charge is 0.443 e. The van der Waals surface area contributed by atoms with Gasteiger partial charge in [0.25, 0.3) is 5.56 Å². The van der Waals surface area contributed by atoms with E-state index in [1.807, 2.05) is 0 Å². The molecule has 4 N–H and O–H groups in total. The van der Waals surface area contributed by atoms with E-state index in [4.69, 9.17) is 47.5 Å². The zero-order valence-corrected chi connectivity index (χ0v) is 30.6. The van der Waals surface area contributed by atoms with Gasteiger partial charge in [0.1, 0.15) is 22.9 Å². The van der Waals surface area contributed by atoms with Gasteiger partial charge in [0.15, 0.2) is 6.73 Å². The quantitative estimate of drug-likeness (QED) is 0.0560. The first kappa shape index (κ1) is 37.2. The summed E-state index contributed by atoms with van der Waals surface area (Å²) >= 11 is 7.44. The fourth-order valence-corrected chi connectivity index (χ4v) is 6.23. The highest BCUT2D eigenvalue weighted by Gasteiger charge is 2.33. The molecule has 0 radical (unpaired) electrons. The molecule has 0 bridgehead atoms. The van der Waals surface area contributed by atoms with Crippen molar-refractivity contribution in [2.75, 3.05) is 11.8 Å². The van der Waals surface area contributed by atoms with Gasteiger partial charge < -0.3 is 20.1 Å². The molecular weight excluding hydrogens is 700 g/mol. The minimum Gasteiger partial charge on any atom is -0.443 e. The summed E-state index contributed by atoms with van der Waals surface area (Å²) in [4.78, 5) is 61.3. The maximum atomic E-state index is 13.8. The van der Waals surface area contributed by atoms with Crippen molar-refractivity contribution in [3.05, 3.63) is 73.8 Å². The number of hydrazine groups is 1. The number of carbonyl (C=O) groups is 3. The Balaban J connectivity index is 1.48. The Kier molecular flexibility index (Phi) is 10.7.